The molecule has 0 bridgehead atoms. The third-order valence-corrected chi connectivity index (χ3v) is 0.497. The molecule has 0 aliphatic carbocycles. The summed E-state index contributed by atoms with van der Waals surface area (Å²) in [6.07, 6.45) is 0.0571. The topological polar surface area (TPSA) is 37.3 Å². The maximum Gasteiger partial charge on any atom is 0.304 e. The van der Waals surface area contributed by atoms with Crippen LogP contribution in [0.1, 0.15) is 20.3 Å². The molecule has 0 saturated carbocycles. The first kappa shape index (κ1) is 10.7. The zero-order valence-electron chi connectivity index (χ0n) is 5.15. The molecule has 0 amide bonds. The van der Waals surface area contributed by atoms with Crippen LogP contribution in [0, 0.1) is 0 Å². The molecular formula is C5H11ClO2. The van der Waals surface area contributed by atoms with E-state index in [2.05, 4.69) is 0 Å². The molecule has 0 atom stereocenters. The molecule has 0 aromatic heterocycles. The predicted octanol–water partition coefficient (Wildman–Crippen LogP) is 1.73. The number of halogens is 1. The largest absolute Gasteiger partial charge is 0.481 e. The lowest BCUT2D eigenvalue weighted by Gasteiger charge is -1.78. The normalized spacial score (nSPS) is 6.88. The van der Waals surface area contributed by atoms with Gasteiger partial charge in [0.15, 0.2) is 0 Å². The lowest BCUT2D eigenvalue weighted by Crippen LogP contribution is -1.93. The van der Waals surface area contributed by atoms with Crippen LogP contribution in [-0.4, -0.2) is 17.0 Å². The number of hydrogen-bond acceptors (Lipinski definition) is 1. The van der Waals surface area contributed by atoms with Crippen LogP contribution in [0.5, 0.6) is 0 Å². The molecule has 0 fully saturated rings. The van der Waals surface area contributed by atoms with Gasteiger partial charge in [0.2, 0.25) is 0 Å². The van der Waals surface area contributed by atoms with Crippen molar-refractivity contribution in [2.75, 3.05) is 5.88 Å². The lowest BCUT2D eigenvalue weighted by atomic mass is 10.5. The van der Waals surface area contributed by atoms with E-state index in [1.165, 1.54) is 0 Å². The van der Waals surface area contributed by atoms with Crippen LogP contribution in [0.2, 0.25) is 0 Å². The summed E-state index contributed by atoms with van der Waals surface area (Å²) in [5, 5.41) is 7.83. The minimum Gasteiger partial charge on any atom is -0.481 e. The monoisotopic (exact) mass is 138 g/mol. The molecule has 0 aromatic rings. The number of aliphatic carboxylic acids is 1. The zero-order valence-corrected chi connectivity index (χ0v) is 5.90. The van der Waals surface area contributed by atoms with E-state index in [9.17, 15) is 4.79 Å². The molecule has 50 valence electrons. The molecule has 0 aromatic carbocycles. The molecule has 0 unspecified atom stereocenters. The van der Waals surface area contributed by atoms with Crippen LogP contribution in [0.15, 0.2) is 0 Å². The van der Waals surface area contributed by atoms with E-state index < -0.39 is 5.97 Å². The average molecular weight is 139 g/mol. The van der Waals surface area contributed by atoms with Gasteiger partial charge in [-0.2, -0.15) is 0 Å². The first-order valence-electron chi connectivity index (χ1n) is 2.55. The molecular weight excluding hydrogens is 128 g/mol. The number of alkyl halides is 1. The second kappa shape index (κ2) is 9.90. The molecule has 8 heavy (non-hydrogen) atoms. The Morgan fingerprint density at radius 2 is 2.00 bits per heavy atom. The Kier molecular flexibility index (Phi) is 13.2. The maximum atomic E-state index is 9.51. The van der Waals surface area contributed by atoms with Crippen molar-refractivity contribution in [3.8, 4) is 0 Å². The number of carbonyl (C=O) groups is 1. The SMILES string of the molecule is CC.O=C(O)CCCl. The minimum absolute atomic E-state index is 0.0571. The second-order valence-corrected chi connectivity index (χ2v) is 1.21. The summed E-state index contributed by atoms with van der Waals surface area (Å²) in [6, 6.07) is 0. The zero-order chi connectivity index (χ0) is 6.99. The Balaban J connectivity index is 0. The fraction of sp³-hybridized carbons (Fsp3) is 0.800. The molecule has 1 N–H and O–H groups in total. The van der Waals surface area contributed by atoms with Crippen LogP contribution >= 0.6 is 11.6 Å². The smallest absolute Gasteiger partial charge is 0.304 e. The van der Waals surface area contributed by atoms with Gasteiger partial charge < -0.3 is 5.11 Å². The van der Waals surface area contributed by atoms with Gasteiger partial charge in [-0.1, -0.05) is 13.8 Å². The van der Waals surface area contributed by atoms with E-state index in [4.69, 9.17) is 16.7 Å². The summed E-state index contributed by atoms with van der Waals surface area (Å²) >= 11 is 5.02. The Labute approximate surface area is 54.5 Å². The van der Waals surface area contributed by atoms with Crippen LogP contribution in [0.3, 0.4) is 0 Å². The van der Waals surface area contributed by atoms with Crippen molar-refractivity contribution in [1.82, 2.24) is 0 Å². The molecule has 0 saturated heterocycles. The van der Waals surface area contributed by atoms with Crippen LogP contribution < -0.4 is 0 Å². The molecule has 0 aliphatic heterocycles. The summed E-state index contributed by atoms with van der Waals surface area (Å²) in [6.45, 7) is 4.00. The molecule has 3 heteroatoms. The number of carboxylic acid groups (broad SMARTS) is 1. The lowest BCUT2D eigenvalue weighted by molar-refractivity contribution is -0.136. The minimum atomic E-state index is -0.843. The molecule has 2 nitrogen and oxygen atoms in total. The third kappa shape index (κ3) is 17.1. The first-order chi connectivity index (χ1) is 3.77. The van der Waals surface area contributed by atoms with Gasteiger partial charge in [0.05, 0.1) is 6.42 Å². The van der Waals surface area contributed by atoms with Gasteiger partial charge in [-0.15, -0.1) is 11.6 Å². The highest BCUT2D eigenvalue weighted by Gasteiger charge is 1.89. The summed E-state index contributed by atoms with van der Waals surface area (Å²) in [5.74, 6) is -0.639. The van der Waals surface area contributed by atoms with Gasteiger partial charge in [0.1, 0.15) is 0 Å². The van der Waals surface area contributed by atoms with Crippen LogP contribution in [0.25, 0.3) is 0 Å². The Morgan fingerprint density at radius 3 is 2.00 bits per heavy atom. The Hall–Kier alpha value is -0.240. The van der Waals surface area contributed by atoms with E-state index in [1.54, 1.807) is 0 Å². The van der Waals surface area contributed by atoms with E-state index >= 15 is 0 Å². The maximum absolute atomic E-state index is 9.51. The first-order valence-corrected chi connectivity index (χ1v) is 3.08. The van der Waals surface area contributed by atoms with Crippen molar-refractivity contribution in [3.05, 3.63) is 0 Å². The highest BCUT2D eigenvalue weighted by molar-refractivity contribution is 6.18. The average Bonchev–Trinajstić information content (AvgIpc) is 1.72. The summed E-state index contributed by atoms with van der Waals surface area (Å²) in [7, 11) is 0. The van der Waals surface area contributed by atoms with Crippen LogP contribution in [0.4, 0.5) is 0 Å². The predicted molar refractivity (Wildman–Crippen MR) is 34.3 cm³/mol. The molecule has 0 spiro atoms. The van der Waals surface area contributed by atoms with Crippen molar-refractivity contribution in [2.45, 2.75) is 20.3 Å². The van der Waals surface area contributed by atoms with Gasteiger partial charge in [0.25, 0.3) is 0 Å². The van der Waals surface area contributed by atoms with E-state index in [0.717, 1.165) is 0 Å². The van der Waals surface area contributed by atoms with Crippen molar-refractivity contribution < 1.29 is 9.90 Å². The highest BCUT2D eigenvalue weighted by atomic mass is 35.5. The van der Waals surface area contributed by atoms with Gasteiger partial charge in [-0.3, -0.25) is 4.79 Å². The third-order valence-electron chi connectivity index (χ3n) is 0.308. The standard InChI is InChI=1S/C3H5ClO2.C2H6/c4-2-1-3(5)6;1-2/h1-2H2,(H,5,6);1-2H3. The van der Waals surface area contributed by atoms with Gasteiger partial charge in [-0.05, 0) is 0 Å². The summed E-state index contributed by atoms with van der Waals surface area (Å²) in [5.41, 5.74) is 0. The summed E-state index contributed by atoms with van der Waals surface area (Å²) < 4.78 is 0. The van der Waals surface area contributed by atoms with E-state index in [1.807, 2.05) is 13.8 Å². The van der Waals surface area contributed by atoms with Gasteiger partial charge in [-0.25, -0.2) is 0 Å². The van der Waals surface area contributed by atoms with E-state index in [0.29, 0.717) is 0 Å². The van der Waals surface area contributed by atoms with Crippen molar-refractivity contribution >= 4 is 17.6 Å². The van der Waals surface area contributed by atoms with E-state index in [-0.39, 0.29) is 12.3 Å². The fourth-order valence-electron chi connectivity index (χ4n) is 0.0808. The highest BCUT2D eigenvalue weighted by Crippen LogP contribution is 1.80. The van der Waals surface area contributed by atoms with Crippen molar-refractivity contribution in [1.29, 1.82) is 0 Å². The number of hydrogen-bond donors (Lipinski definition) is 1. The molecule has 0 radical (unpaired) electrons. The molecule has 0 heterocycles. The molecule has 0 rings (SSSR count). The van der Waals surface area contributed by atoms with Crippen molar-refractivity contribution in [3.63, 3.8) is 0 Å². The van der Waals surface area contributed by atoms with Gasteiger partial charge in [0, 0.05) is 5.88 Å². The van der Waals surface area contributed by atoms with Gasteiger partial charge >= 0.3 is 5.97 Å². The Morgan fingerprint density at radius 1 is 1.62 bits per heavy atom. The summed E-state index contributed by atoms with van der Waals surface area (Å²) in [4.78, 5) is 9.51. The van der Waals surface area contributed by atoms with Crippen LogP contribution in [-0.2, 0) is 4.79 Å². The number of carboxylic acids is 1. The Bertz CT molecular complexity index is 54.4. The second-order valence-electron chi connectivity index (χ2n) is 0.833. The quantitative estimate of drug-likeness (QED) is 0.590. The number of rotatable bonds is 2. The molecule has 0 aliphatic rings. The van der Waals surface area contributed by atoms with Crippen molar-refractivity contribution in [2.24, 2.45) is 0 Å². The fourth-order valence-corrected chi connectivity index (χ4v) is 0.243.